The monoisotopic (exact) mass is 389 g/mol. The van der Waals surface area contributed by atoms with E-state index in [9.17, 15) is 13.2 Å². The summed E-state index contributed by atoms with van der Waals surface area (Å²) in [5.41, 5.74) is 0.689. The number of rotatable bonds is 9. The fraction of sp³-hybridized carbons (Fsp3) is 0.350. The number of carbonyl (C=O) groups excluding carboxylic acids is 1. The molecule has 0 radical (unpaired) electrons. The van der Waals surface area contributed by atoms with Gasteiger partial charge in [0.2, 0.25) is 0 Å². The zero-order chi connectivity index (χ0) is 19.9. The molecule has 0 aromatic heterocycles. The number of nitrogens with zero attached hydrogens (tertiary/aromatic N) is 2. The summed E-state index contributed by atoms with van der Waals surface area (Å²) in [4.78, 5) is 14.8. The first-order valence-electron chi connectivity index (χ1n) is 9.05. The molecule has 2 rings (SSSR count). The average molecular weight is 390 g/mol. The summed E-state index contributed by atoms with van der Waals surface area (Å²) in [5, 5.41) is 2.83. The van der Waals surface area contributed by atoms with Crippen molar-refractivity contribution in [3.63, 3.8) is 0 Å². The topological polar surface area (TPSA) is 69.7 Å². The van der Waals surface area contributed by atoms with E-state index in [-0.39, 0.29) is 16.4 Å². The van der Waals surface area contributed by atoms with Crippen LogP contribution in [0.25, 0.3) is 0 Å². The summed E-state index contributed by atoms with van der Waals surface area (Å²) < 4.78 is 27.3. The molecular formula is C20H27N3O3S. The number of para-hydroxylation sites is 1. The van der Waals surface area contributed by atoms with Gasteiger partial charge in [0.1, 0.15) is 4.90 Å². The van der Waals surface area contributed by atoms with Crippen LogP contribution in [-0.4, -0.2) is 52.5 Å². The summed E-state index contributed by atoms with van der Waals surface area (Å²) in [6.45, 7) is 7.11. The normalized spacial score (nSPS) is 11.4. The second-order valence-electron chi connectivity index (χ2n) is 6.09. The van der Waals surface area contributed by atoms with E-state index in [1.165, 1.54) is 17.4 Å². The molecule has 1 N–H and O–H groups in total. The highest BCUT2D eigenvalue weighted by atomic mass is 32.2. The van der Waals surface area contributed by atoms with Crippen molar-refractivity contribution in [2.75, 3.05) is 37.5 Å². The van der Waals surface area contributed by atoms with Crippen molar-refractivity contribution in [2.24, 2.45) is 0 Å². The zero-order valence-electron chi connectivity index (χ0n) is 16.1. The van der Waals surface area contributed by atoms with E-state index in [4.69, 9.17) is 0 Å². The SMILES string of the molecule is CCN(CC)CCNC(=O)c1ccccc1S(=O)(=O)N(C)c1ccccc1. The summed E-state index contributed by atoms with van der Waals surface area (Å²) in [6.07, 6.45) is 0. The lowest BCUT2D eigenvalue weighted by Gasteiger charge is -2.21. The van der Waals surface area contributed by atoms with E-state index in [2.05, 4.69) is 24.1 Å². The molecule has 0 unspecified atom stereocenters. The van der Waals surface area contributed by atoms with Gasteiger partial charge in [-0.3, -0.25) is 9.10 Å². The van der Waals surface area contributed by atoms with Gasteiger partial charge in [0.05, 0.1) is 11.3 Å². The van der Waals surface area contributed by atoms with Crippen LogP contribution in [-0.2, 0) is 10.0 Å². The van der Waals surface area contributed by atoms with Gasteiger partial charge in [-0.15, -0.1) is 0 Å². The van der Waals surface area contributed by atoms with Crippen molar-refractivity contribution in [1.82, 2.24) is 10.2 Å². The van der Waals surface area contributed by atoms with Gasteiger partial charge in [-0.25, -0.2) is 8.42 Å². The average Bonchev–Trinajstić information content (AvgIpc) is 2.71. The molecule has 1 amide bonds. The van der Waals surface area contributed by atoms with Gasteiger partial charge >= 0.3 is 0 Å². The summed E-state index contributed by atoms with van der Waals surface area (Å²) in [7, 11) is -2.37. The van der Waals surface area contributed by atoms with Crippen LogP contribution >= 0.6 is 0 Å². The van der Waals surface area contributed by atoms with E-state index in [1.807, 2.05) is 6.07 Å². The number of anilines is 1. The highest BCUT2D eigenvalue weighted by Gasteiger charge is 2.26. The van der Waals surface area contributed by atoms with E-state index in [1.54, 1.807) is 42.5 Å². The van der Waals surface area contributed by atoms with Crippen LogP contribution < -0.4 is 9.62 Å². The van der Waals surface area contributed by atoms with Gasteiger partial charge in [-0.2, -0.15) is 0 Å². The number of nitrogens with one attached hydrogen (secondary N) is 1. The molecule has 0 atom stereocenters. The maximum Gasteiger partial charge on any atom is 0.264 e. The standard InChI is InChI=1S/C20H27N3O3S/c1-4-23(5-2)16-15-21-20(24)18-13-9-10-14-19(18)27(25,26)22(3)17-11-7-6-8-12-17/h6-14H,4-5,15-16H2,1-3H3,(H,21,24). The number of hydrogen-bond donors (Lipinski definition) is 1. The molecule has 0 aliphatic rings. The van der Waals surface area contributed by atoms with Crippen LogP contribution in [0.3, 0.4) is 0 Å². The van der Waals surface area contributed by atoms with Crippen LogP contribution in [0.15, 0.2) is 59.5 Å². The van der Waals surface area contributed by atoms with Crippen LogP contribution in [0.5, 0.6) is 0 Å². The highest BCUT2D eigenvalue weighted by molar-refractivity contribution is 7.92. The third kappa shape index (κ3) is 5.08. The van der Waals surface area contributed by atoms with Gasteiger partial charge in [0.15, 0.2) is 0 Å². The molecule has 2 aromatic rings. The van der Waals surface area contributed by atoms with Crippen molar-refractivity contribution >= 4 is 21.6 Å². The Balaban J connectivity index is 2.23. The second kappa shape index (κ2) is 9.53. The lowest BCUT2D eigenvalue weighted by atomic mass is 10.2. The Morgan fingerprint density at radius 1 is 0.963 bits per heavy atom. The Labute approximate surface area is 161 Å². The van der Waals surface area contributed by atoms with Crippen LogP contribution in [0.1, 0.15) is 24.2 Å². The minimum Gasteiger partial charge on any atom is -0.351 e. The molecule has 2 aromatic carbocycles. The van der Waals surface area contributed by atoms with Crippen molar-refractivity contribution in [1.29, 1.82) is 0 Å². The van der Waals surface area contributed by atoms with Crippen LogP contribution in [0, 0.1) is 0 Å². The number of hydrogen-bond acceptors (Lipinski definition) is 4. The maximum absolute atomic E-state index is 13.1. The zero-order valence-corrected chi connectivity index (χ0v) is 16.9. The van der Waals surface area contributed by atoms with Crippen molar-refractivity contribution in [2.45, 2.75) is 18.7 Å². The molecule has 0 saturated carbocycles. The van der Waals surface area contributed by atoms with E-state index in [0.29, 0.717) is 12.2 Å². The number of likely N-dealkylation sites (N-methyl/N-ethyl adjacent to an activating group) is 1. The first-order valence-corrected chi connectivity index (χ1v) is 10.5. The predicted octanol–water partition coefficient (Wildman–Crippen LogP) is 2.58. The van der Waals surface area contributed by atoms with Gasteiger partial charge in [-0.05, 0) is 37.4 Å². The number of carbonyl (C=O) groups is 1. The molecule has 0 heterocycles. The van der Waals surface area contributed by atoms with Gasteiger partial charge < -0.3 is 10.2 Å². The molecule has 0 fully saturated rings. The smallest absolute Gasteiger partial charge is 0.264 e. The Bertz CT molecular complexity index is 850. The molecular weight excluding hydrogens is 362 g/mol. The molecule has 0 saturated heterocycles. The molecule has 27 heavy (non-hydrogen) atoms. The van der Waals surface area contributed by atoms with E-state index >= 15 is 0 Å². The van der Waals surface area contributed by atoms with Gasteiger partial charge in [0.25, 0.3) is 15.9 Å². The van der Waals surface area contributed by atoms with Gasteiger partial charge in [-0.1, -0.05) is 44.2 Å². The molecule has 0 bridgehead atoms. The van der Waals surface area contributed by atoms with E-state index < -0.39 is 10.0 Å². The Kier molecular flexibility index (Phi) is 7.38. The number of benzene rings is 2. The summed E-state index contributed by atoms with van der Waals surface area (Å²) in [5.74, 6) is -0.386. The lowest BCUT2D eigenvalue weighted by molar-refractivity contribution is 0.0945. The molecule has 0 aliphatic carbocycles. The number of sulfonamides is 1. The fourth-order valence-electron chi connectivity index (χ4n) is 2.77. The quantitative estimate of drug-likeness (QED) is 0.716. The largest absolute Gasteiger partial charge is 0.351 e. The van der Waals surface area contributed by atoms with Crippen LogP contribution in [0.4, 0.5) is 5.69 Å². The predicted molar refractivity (Wildman–Crippen MR) is 109 cm³/mol. The Hall–Kier alpha value is -2.38. The third-order valence-corrected chi connectivity index (χ3v) is 6.34. The number of amides is 1. The lowest BCUT2D eigenvalue weighted by Crippen LogP contribution is -2.36. The van der Waals surface area contributed by atoms with Crippen molar-refractivity contribution in [3.05, 3.63) is 60.2 Å². The molecule has 7 heteroatoms. The minimum absolute atomic E-state index is 0.00306. The second-order valence-corrected chi connectivity index (χ2v) is 8.02. The van der Waals surface area contributed by atoms with E-state index in [0.717, 1.165) is 19.6 Å². The Morgan fingerprint density at radius 2 is 1.56 bits per heavy atom. The third-order valence-electron chi connectivity index (χ3n) is 4.50. The minimum atomic E-state index is -3.86. The van der Waals surface area contributed by atoms with Crippen molar-refractivity contribution in [3.8, 4) is 0 Å². The molecule has 146 valence electrons. The van der Waals surface area contributed by atoms with Crippen molar-refractivity contribution < 1.29 is 13.2 Å². The fourth-order valence-corrected chi connectivity index (χ4v) is 4.15. The first kappa shape index (κ1) is 20.9. The molecule has 0 aliphatic heterocycles. The highest BCUT2D eigenvalue weighted by Crippen LogP contribution is 2.24. The summed E-state index contributed by atoms with van der Waals surface area (Å²) in [6, 6.07) is 15.1. The maximum atomic E-state index is 13.1. The van der Waals surface area contributed by atoms with Crippen LogP contribution in [0.2, 0.25) is 0 Å². The summed E-state index contributed by atoms with van der Waals surface area (Å²) >= 11 is 0. The molecule has 0 spiro atoms. The molecule has 6 nitrogen and oxygen atoms in total. The first-order chi connectivity index (χ1) is 12.9. The van der Waals surface area contributed by atoms with Gasteiger partial charge in [0, 0.05) is 20.1 Å². The Morgan fingerprint density at radius 3 is 2.19 bits per heavy atom.